The fourth-order valence-electron chi connectivity index (χ4n) is 2.61. The van der Waals surface area contributed by atoms with Gasteiger partial charge in [0, 0.05) is 6.07 Å². The number of carbonyl (C=O) groups is 2. The van der Waals surface area contributed by atoms with E-state index in [0.29, 0.717) is 0 Å². The lowest BCUT2D eigenvalue weighted by Gasteiger charge is -2.12. The van der Waals surface area contributed by atoms with E-state index >= 15 is 0 Å². The maximum absolute atomic E-state index is 13.9. The van der Waals surface area contributed by atoms with Gasteiger partial charge in [0.1, 0.15) is 22.9 Å². The van der Waals surface area contributed by atoms with E-state index in [9.17, 15) is 27.2 Å². The van der Waals surface area contributed by atoms with E-state index in [1.807, 2.05) is 5.32 Å². The number of alkyl halides is 3. The van der Waals surface area contributed by atoms with Crippen LogP contribution in [-0.4, -0.2) is 24.0 Å². The van der Waals surface area contributed by atoms with Gasteiger partial charge < -0.3 is 14.8 Å². The number of carbonyl (C=O) groups excluding carboxylic acids is 2. The molecule has 3 aromatic rings. The zero-order valence-corrected chi connectivity index (χ0v) is 17.4. The first-order chi connectivity index (χ1) is 15.6. The van der Waals surface area contributed by atoms with Crippen molar-refractivity contribution in [2.75, 3.05) is 12.4 Å². The smallest absolute Gasteiger partial charge is 0.416 e. The largest absolute Gasteiger partial charge is 0.496 e. The highest BCUT2D eigenvalue weighted by atomic mass is 35.5. The lowest BCUT2D eigenvalue weighted by atomic mass is 10.1. The Bertz CT molecular complexity index is 1190. The van der Waals surface area contributed by atoms with E-state index in [0.717, 1.165) is 30.5 Å². The molecule has 0 aliphatic carbocycles. The molecule has 3 rings (SSSR count). The van der Waals surface area contributed by atoms with Gasteiger partial charge >= 0.3 is 12.2 Å². The molecule has 12 heteroatoms. The molecule has 0 radical (unpaired) electrons. The molecular formula is C21H14ClF4N3O4. The molecular weight excluding hydrogens is 470 g/mol. The Hall–Kier alpha value is -3.86. The normalized spacial score (nSPS) is 11.0. The third-order valence-corrected chi connectivity index (χ3v) is 4.43. The van der Waals surface area contributed by atoms with Crippen molar-refractivity contribution in [1.82, 2.24) is 10.3 Å². The summed E-state index contributed by atoms with van der Waals surface area (Å²) in [5, 5.41) is 4.19. The quantitative estimate of drug-likeness (QED) is 0.457. The van der Waals surface area contributed by atoms with Gasteiger partial charge in [-0.2, -0.15) is 13.2 Å². The van der Waals surface area contributed by atoms with Crippen LogP contribution in [0.15, 0.2) is 54.7 Å². The Labute approximate surface area is 189 Å². The average molecular weight is 484 g/mol. The van der Waals surface area contributed by atoms with Crippen molar-refractivity contribution in [1.29, 1.82) is 0 Å². The van der Waals surface area contributed by atoms with Gasteiger partial charge in [-0.1, -0.05) is 17.7 Å². The summed E-state index contributed by atoms with van der Waals surface area (Å²) < 4.78 is 62.7. The van der Waals surface area contributed by atoms with Gasteiger partial charge in [-0.05, 0) is 36.4 Å². The summed E-state index contributed by atoms with van der Waals surface area (Å²) in [6.45, 7) is 0. The standard InChI is InChI=1S/C21H14ClF4N3O4/c1-32-15-4-2-3-14(23)18(15)19(30)29-20(31)28-12-6-8-17(27-10-12)33-16-9-11(21(24,25)26)5-7-13(16)22/h2-10H,1H3,(H2,28,29,30,31). The summed E-state index contributed by atoms with van der Waals surface area (Å²) in [5.41, 5.74) is -1.29. The number of aromatic nitrogens is 1. The minimum Gasteiger partial charge on any atom is -0.496 e. The molecule has 0 unspecified atom stereocenters. The Morgan fingerprint density at radius 1 is 1.06 bits per heavy atom. The van der Waals surface area contributed by atoms with Crippen LogP contribution in [0, 0.1) is 5.82 Å². The van der Waals surface area contributed by atoms with Crippen LogP contribution < -0.4 is 20.1 Å². The topological polar surface area (TPSA) is 89.5 Å². The van der Waals surface area contributed by atoms with Gasteiger partial charge in [-0.15, -0.1) is 0 Å². The third-order valence-electron chi connectivity index (χ3n) is 4.12. The van der Waals surface area contributed by atoms with Crippen LogP contribution >= 0.6 is 11.6 Å². The fraction of sp³-hybridized carbons (Fsp3) is 0.0952. The second kappa shape index (κ2) is 9.74. The predicted molar refractivity (Wildman–Crippen MR) is 110 cm³/mol. The zero-order chi connectivity index (χ0) is 24.2. The number of methoxy groups -OCH3 is 1. The Kier molecular flexibility index (Phi) is 7.02. The molecule has 0 aliphatic heterocycles. The molecule has 0 saturated heterocycles. The van der Waals surface area contributed by atoms with Crippen molar-refractivity contribution < 1.29 is 36.6 Å². The number of benzene rings is 2. The van der Waals surface area contributed by atoms with Crippen LogP contribution in [-0.2, 0) is 6.18 Å². The molecule has 2 aromatic carbocycles. The summed E-state index contributed by atoms with van der Waals surface area (Å²) in [6, 6.07) is 7.91. The number of urea groups is 1. The zero-order valence-electron chi connectivity index (χ0n) is 16.7. The monoisotopic (exact) mass is 483 g/mol. The Balaban J connectivity index is 1.66. The van der Waals surface area contributed by atoms with Gasteiger partial charge in [0.2, 0.25) is 5.88 Å². The number of halogens is 5. The van der Waals surface area contributed by atoms with Crippen molar-refractivity contribution in [3.05, 3.63) is 76.7 Å². The van der Waals surface area contributed by atoms with E-state index < -0.39 is 35.1 Å². The van der Waals surface area contributed by atoms with Gasteiger partial charge in [0.15, 0.2) is 0 Å². The fourth-order valence-corrected chi connectivity index (χ4v) is 2.76. The van der Waals surface area contributed by atoms with Crippen LogP contribution in [0.25, 0.3) is 0 Å². The number of pyridine rings is 1. The molecule has 0 aliphatic rings. The minimum atomic E-state index is -4.58. The van der Waals surface area contributed by atoms with E-state index in [4.69, 9.17) is 21.1 Å². The summed E-state index contributed by atoms with van der Waals surface area (Å²) >= 11 is 5.88. The molecule has 1 aromatic heterocycles. The van der Waals surface area contributed by atoms with Crippen LogP contribution in [0.3, 0.4) is 0 Å². The summed E-state index contributed by atoms with van der Waals surface area (Å²) in [6.07, 6.45) is -3.45. The van der Waals surface area contributed by atoms with E-state index in [2.05, 4.69) is 10.3 Å². The van der Waals surface area contributed by atoms with Crippen molar-refractivity contribution in [2.45, 2.75) is 6.18 Å². The second-order valence-corrected chi connectivity index (χ2v) is 6.76. The van der Waals surface area contributed by atoms with E-state index in [1.165, 1.54) is 31.4 Å². The first-order valence-electron chi connectivity index (χ1n) is 9.04. The third kappa shape index (κ3) is 5.89. The highest BCUT2D eigenvalue weighted by Gasteiger charge is 2.31. The molecule has 0 atom stereocenters. The molecule has 7 nitrogen and oxygen atoms in total. The Morgan fingerprint density at radius 3 is 2.45 bits per heavy atom. The number of hydrogen-bond acceptors (Lipinski definition) is 5. The number of nitrogens with zero attached hydrogens (tertiary/aromatic N) is 1. The van der Waals surface area contributed by atoms with Crippen molar-refractivity contribution in [3.63, 3.8) is 0 Å². The molecule has 1 heterocycles. The second-order valence-electron chi connectivity index (χ2n) is 6.36. The molecule has 0 bridgehead atoms. The summed E-state index contributed by atoms with van der Waals surface area (Å²) in [7, 11) is 1.24. The van der Waals surface area contributed by atoms with Crippen molar-refractivity contribution >= 4 is 29.2 Å². The molecule has 0 saturated carbocycles. The highest BCUT2D eigenvalue weighted by Crippen LogP contribution is 2.36. The first-order valence-corrected chi connectivity index (χ1v) is 9.41. The van der Waals surface area contributed by atoms with Gasteiger partial charge in [-0.25, -0.2) is 14.2 Å². The van der Waals surface area contributed by atoms with Crippen LogP contribution in [0.5, 0.6) is 17.4 Å². The lowest BCUT2D eigenvalue weighted by Crippen LogP contribution is -2.35. The highest BCUT2D eigenvalue weighted by molar-refractivity contribution is 6.32. The van der Waals surface area contributed by atoms with Gasteiger partial charge in [0.05, 0.1) is 29.6 Å². The summed E-state index contributed by atoms with van der Waals surface area (Å²) in [4.78, 5) is 28.2. The summed E-state index contributed by atoms with van der Waals surface area (Å²) in [5.74, 6) is -2.33. The SMILES string of the molecule is COc1cccc(F)c1C(=O)NC(=O)Nc1ccc(Oc2cc(C(F)(F)F)ccc2Cl)nc1. The number of amides is 3. The molecule has 0 fully saturated rings. The molecule has 2 N–H and O–H groups in total. The molecule has 172 valence electrons. The molecule has 3 amide bonds. The van der Waals surface area contributed by atoms with Crippen LogP contribution in [0.4, 0.5) is 28.0 Å². The number of rotatable bonds is 5. The van der Waals surface area contributed by atoms with Crippen LogP contribution in [0.1, 0.15) is 15.9 Å². The molecule has 0 spiro atoms. The molecule has 33 heavy (non-hydrogen) atoms. The van der Waals surface area contributed by atoms with Crippen molar-refractivity contribution in [2.24, 2.45) is 0 Å². The number of imide groups is 1. The average Bonchev–Trinajstić information content (AvgIpc) is 2.75. The van der Waals surface area contributed by atoms with Gasteiger partial charge in [-0.3, -0.25) is 10.1 Å². The number of nitrogens with one attached hydrogen (secondary N) is 2. The van der Waals surface area contributed by atoms with Crippen molar-refractivity contribution in [3.8, 4) is 17.4 Å². The maximum Gasteiger partial charge on any atom is 0.416 e. The van der Waals surface area contributed by atoms with Crippen LogP contribution in [0.2, 0.25) is 5.02 Å². The maximum atomic E-state index is 13.9. The van der Waals surface area contributed by atoms with Gasteiger partial charge in [0.25, 0.3) is 5.91 Å². The number of ether oxygens (including phenoxy) is 2. The first kappa shape index (κ1) is 23.8. The van der Waals surface area contributed by atoms with E-state index in [1.54, 1.807) is 0 Å². The number of anilines is 1. The Morgan fingerprint density at radius 2 is 1.82 bits per heavy atom. The number of hydrogen-bond donors (Lipinski definition) is 2. The van der Waals surface area contributed by atoms with E-state index in [-0.39, 0.29) is 28.1 Å². The lowest BCUT2D eigenvalue weighted by molar-refractivity contribution is -0.137. The predicted octanol–water partition coefficient (Wildman–Crippen LogP) is 5.66. The minimum absolute atomic E-state index is 0.0586.